The summed E-state index contributed by atoms with van der Waals surface area (Å²) in [6, 6.07) is 3.65. The standard InChI is InChI=1S/C9H7N3O2/c13-12(14)5-3-7-6-11-9-8(7)2-1-4-10-9/h1-6H,(H,10,11)/b5-3-. The maximum Gasteiger partial charge on any atom is 0.235 e. The fourth-order valence-electron chi connectivity index (χ4n) is 1.26. The van der Waals surface area contributed by atoms with Gasteiger partial charge in [0.25, 0.3) is 0 Å². The van der Waals surface area contributed by atoms with Crippen molar-refractivity contribution in [2.45, 2.75) is 0 Å². The summed E-state index contributed by atoms with van der Waals surface area (Å²) in [6.07, 6.45) is 5.72. The van der Waals surface area contributed by atoms with Gasteiger partial charge in [0, 0.05) is 29.4 Å². The van der Waals surface area contributed by atoms with E-state index in [1.165, 1.54) is 6.08 Å². The molecule has 0 saturated carbocycles. The first-order valence-corrected chi connectivity index (χ1v) is 4.01. The summed E-state index contributed by atoms with van der Waals surface area (Å²) >= 11 is 0. The van der Waals surface area contributed by atoms with E-state index < -0.39 is 4.92 Å². The number of nitro groups is 1. The molecule has 0 radical (unpaired) electrons. The predicted octanol–water partition coefficient (Wildman–Crippen LogP) is 1.81. The molecule has 5 heteroatoms. The Morgan fingerprint density at radius 1 is 1.57 bits per heavy atom. The number of aromatic nitrogens is 2. The normalized spacial score (nSPS) is 11.1. The zero-order valence-corrected chi connectivity index (χ0v) is 7.18. The number of nitrogens with zero attached hydrogens (tertiary/aromatic N) is 2. The molecule has 0 unspecified atom stereocenters. The minimum atomic E-state index is -0.491. The van der Waals surface area contributed by atoms with Crippen LogP contribution in [-0.4, -0.2) is 14.9 Å². The Hall–Kier alpha value is -2.17. The number of nitrogens with one attached hydrogen (secondary N) is 1. The molecule has 2 rings (SSSR count). The van der Waals surface area contributed by atoms with E-state index in [0.29, 0.717) is 0 Å². The van der Waals surface area contributed by atoms with E-state index in [-0.39, 0.29) is 0 Å². The molecule has 14 heavy (non-hydrogen) atoms. The molecular weight excluding hydrogens is 182 g/mol. The Kier molecular flexibility index (Phi) is 1.98. The van der Waals surface area contributed by atoms with Gasteiger partial charge in [-0.1, -0.05) is 0 Å². The number of rotatable bonds is 2. The van der Waals surface area contributed by atoms with Gasteiger partial charge in [-0.3, -0.25) is 10.1 Å². The van der Waals surface area contributed by atoms with E-state index in [1.807, 2.05) is 6.07 Å². The summed E-state index contributed by atoms with van der Waals surface area (Å²) in [5.74, 6) is 0. The van der Waals surface area contributed by atoms with Gasteiger partial charge in [-0.05, 0) is 12.1 Å². The largest absolute Gasteiger partial charge is 0.346 e. The second-order valence-corrected chi connectivity index (χ2v) is 2.74. The predicted molar refractivity (Wildman–Crippen MR) is 52.1 cm³/mol. The van der Waals surface area contributed by atoms with Crippen molar-refractivity contribution >= 4 is 17.1 Å². The lowest BCUT2D eigenvalue weighted by Gasteiger charge is -1.87. The highest BCUT2D eigenvalue weighted by Crippen LogP contribution is 2.16. The molecule has 2 heterocycles. The molecule has 2 aromatic rings. The summed E-state index contributed by atoms with van der Waals surface area (Å²) in [5, 5.41) is 11.0. The second kappa shape index (κ2) is 3.29. The van der Waals surface area contributed by atoms with Crippen LogP contribution in [0.25, 0.3) is 17.1 Å². The lowest BCUT2D eigenvalue weighted by atomic mass is 10.2. The van der Waals surface area contributed by atoms with Crippen molar-refractivity contribution in [3.05, 3.63) is 46.4 Å². The molecule has 0 atom stereocenters. The van der Waals surface area contributed by atoms with Crippen LogP contribution in [0.5, 0.6) is 0 Å². The van der Waals surface area contributed by atoms with Gasteiger partial charge in [0.1, 0.15) is 5.65 Å². The van der Waals surface area contributed by atoms with Crippen LogP contribution in [0.3, 0.4) is 0 Å². The van der Waals surface area contributed by atoms with Crippen LogP contribution in [0.4, 0.5) is 0 Å². The number of fused-ring (bicyclic) bond motifs is 1. The van der Waals surface area contributed by atoms with Crippen LogP contribution in [0.1, 0.15) is 5.56 Å². The summed E-state index contributed by atoms with van der Waals surface area (Å²) in [4.78, 5) is 16.6. The molecule has 0 bridgehead atoms. The summed E-state index contributed by atoms with van der Waals surface area (Å²) in [6.45, 7) is 0. The fourth-order valence-corrected chi connectivity index (χ4v) is 1.26. The molecule has 0 spiro atoms. The van der Waals surface area contributed by atoms with E-state index >= 15 is 0 Å². The first kappa shape index (κ1) is 8.43. The molecule has 0 saturated heterocycles. The average molecular weight is 189 g/mol. The maximum atomic E-state index is 10.1. The highest BCUT2D eigenvalue weighted by Gasteiger charge is 2.00. The van der Waals surface area contributed by atoms with E-state index in [4.69, 9.17) is 0 Å². The van der Waals surface area contributed by atoms with Crippen LogP contribution in [0.15, 0.2) is 30.7 Å². The van der Waals surface area contributed by atoms with Gasteiger partial charge in [0.05, 0.1) is 4.92 Å². The van der Waals surface area contributed by atoms with Gasteiger partial charge >= 0.3 is 0 Å². The fraction of sp³-hybridized carbons (Fsp3) is 0. The second-order valence-electron chi connectivity index (χ2n) is 2.74. The highest BCUT2D eigenvalue weighted by atomic mass is 16.6. The van der Waals surface area contributed by atoms with Gasteiger partial charge in [-0.15, -0.1) is 0 Å². The smallest absolute Gasteiger partial charge is 0.235 e. The third kappa shape index (κ3) is 1.47. The van der Waals surface area contributed by atoms with Gasteiger partial charge in [0.2, 0.25) is 6.20 Å². The molecule has 0 aromatic carbocycles. The first-order chi connectivity index (χ1) is 6.77. The third-order valence-electron chi connectivity index (χ3n) is 1.86. The zero-order valence-electron chi connectivity index (χ0n) is 7.18. The first-order valence-electron chi connectivity index (χ1n) is 4.01. The Balaban J connectivity index is 2.48. The quantitative estimate of drug-likeness (QED) is 0.578. The minimum Gasteiger partial charge on any atom is -0.346 e. The molecule has 0 fully saturated rings. The number of hydrogen-bond donors (Lipinski definition) is 1. The van der Waals surface area contributed by atoms with Crippen LogP contribution >= 0.6 is 0 Å². The molecule has 0 aliphatic heterocycles. The van der Waals surface area contributed by atoms with Crippen molar-refractivity contribution < 1.29 is 4.92 Å². The Bertz CT molecular complexity index is 501. The van der Waals surface area contributed by atoms with E-state index in [9.17, 15) is 10.1 Å². The molecular formula is C9H7N3O2. The number of H-pyrrole nitrogens is 1. The van der Waals surface area contributed by atoms with E-state index in [0.717, 1.165) is 22.8 Å². The SMILES string of the molecule is O=[N+]([O-])/C=C\c1c[nH]c2ncccc12. The van der Waals surface area contributed by atoms with Crippen LogP contribution in [0, 0.1) is 10.1 Å². The van der Waals surface area contributed by atoms with E-state index in [2.05, 4.69) is 9.97 Å². The van der Waals surface area contributed by atoms with Crippen molar-refractivity contribution in [3.63, 3.8) is 0 Å². The summed E-state index contributed by atoms with van der Waals surface area (Å²) in [7, 11) is 0. The van der Waals surface area contributed by atoms with Crippen molar-refractivity contribution in [3.8, 4) is 0 Å². The Morgan fingerprint density at radius 2 is 2.43 bits per heavy atom. The lowest BCUT2D eigenvalue weighted by Crippen LogP contribution is -1.81. The lowest BCUT2D eigenvalue weighted by molar-refractivity contribution is -0.400. The van der Waals surface area contributed by atoms with Gasteiger partial charge < -0.3 is 4.98 Å². The van der Waals surface area contributed by atoms with Crippen molar-refractivity contribution in [2.75, 3.05) is 0 Å². The van der Waals surface area contributed by atoms with E-state index in [1.54, 1.807) is 18.5 Å². The van der Waals surface area contributed by atoms with Crippen molar-refractivity contribution in [2.24, 2.45) is 0 Å². The van der Waals surface area contributed by atoms with Crippen LogP contribution in [0.2, 0.25) is 0 Å². The topological polar surface area (TPSA) is 71.8 Å². The van der Waals surface area contributed by atoms with Crippen LogP contribution in [-0.2, 0) is 0 Å². The number of hydrogen-bond acceptors (Lipinski definition) is 3. The molecule has 70 valence electrons. The highest BCUT2D eigenvalue weighted by molar-refractivity contribution is 5.85. The average Bonchev–Trinajstić information content (AvgIpc) is 2.58. The molecule has 0 aliphatic carbocycles. The van der Waals surface area contributed by atoms with Gasteiger partial charge in [-0.2, -0.15) is 0 Å². The Labute approximate surface area is 79.2 Å². The van der Waals surface area contributed by atoms with Gasteiger partial charge in [0.15, 0.2) is 0 Å². The molecule has 1 N–H and O–H groups in total. The Morgan fingerprint density at radius 3 is 3.21 bits per heavy atom. The third-order valence-corrected chi connectivity index (χ3v) is 1.86. The summed E-state index contributed by atoms with van der Waals surface area (Å²) < 4.78 is 0. The maximum absolute atomic E-state index is 10.1. The molecule has 0 amide bonds. The molecule has 2 aromatic heterocycles. The minimum absolute atomic E-state index is 0.491. The number of aromatic amines is 1. The van der Waals surface area contributed by atoms with Crippen LogP contribution < -0.4 is 0 Å². The molecule has 0 aliphatic rings. The molecule has 5 nitrogen and oxygen atoms in total. The van der Waals surface area contributed by atoms with Crippen molar-refractivity contribution in [1.82, 2.24) is 9.97 Å². The van der Waals surface area contributed by atoms with Crippen molar-refractivity contribution in [1.29, 1.82) is 0 Å². The monoisotopic (exact) mass is 189 g/mol. The zero-order chi connectivity index (χ0) is 9.97. The van der Waals surface area contributed by atoms with Gasteiger partial charge in [-0.25, -0.2) is 4.98 Å². The summed E-state index contributed by atoms with van der Waals surface area (Å²) in [5.41, 5.74) is 1.50. The number of pyridine rings is 1.